The first-order chi connectivity index (χ1) is 11.2. The van der Waals surface area contributed by atoms with E-state index in [2.05, 4.69) is 4.74 Å². The Kier molecular flexibility index (Phi) is 6.78. The normalized spacial score (nSPS) is 12.1. The Hall–Kier alpha value is -2.32. The van der Waals surface area contributed by atoms with Crippen molar-refractivity contribution >= 4 is 12.4 Å². The maximum absolute atomic E-state index is 12.2. The fourth-order valence-electron chi connectivity index (χ4n) is 2.16. The van der Waals surface area contributed by atoms with Crippen LogP contribution in [0.5, 0.6) is 23.0 Å². The number of alkyl halides is 3. The lowest BCUT2D eigenvalue weighted by Gasteiger charge is -2.17. The van der Waals surface area contributed by atoms with Crippen LogP contribution in [0.25, 0.3) is 0 Å². The van der Waals surface area contributed by atoms with Crippen LogP contribution in [0, 0.1) is 0 Å². The van der Waals surface area contributed by atoms with Crippen molar-refractivity contribution in [3.63, 3.8) is 0 Å². The molecule has 0 spiro atoms. The van der Waals surface area contributed by atoms with Crippen LogP contribution in [-0.2, 0) is 0 Å². The first-order valence-corrected chi connectivity index (χ1v) is 6.81. The number of aromatic hydroxyl groups is 1. The van der Waals surface area contributed by atoms with Crippen LogP contribution < -0.4 is 19.9 Å². The van der Waals surface area contributed by atoms with Gasteiger partial charge < -0.3 is 25.1 Å². The van der Waals surface area contributed by atoms with Crippen LogP contribution in [0.2, 0.25) is 0 Å². The smallest absolute Gasteiger partial charge is 0.502 e. The van der Waals surface area contributed by atoms with Crippen molar-refractivity contribution in [2.24, 2.45) is 5.73 Å². The van der Waals surface area contributed by atoms with Gasteiger partial charge in [-0.15, -0.1) is 25.6 Å². The van der Waals surface area contributed by atoms with Gasteiger partial charge in [0, 0.05) is 0 Å². The summed E-state index contributed by atoms with van der Waals surface area (Å²) < 4.78 is 50.4. The second kappa shape index (κ2) is 8.17. The second-order valence-corrected chi connectivity index (χ2v) is 4.87. The van der Waals surface area contributed by atoms with Crippen LogP contribution in [0.3, 0.4) is 0 Å². The predicted octanol–water partition coefficient (Wildman–Crippen LogP) is 3.78. The van der Waals surface area contributed by atoms with Gasteiger partial charge in [-0.05, 0) is 35.4 Å². The Morgan fingerprint density at radius 1 is 0.960 bits per heavy atom. The fraction of sp³-hybridized carbons (Fsp3) is 0.250. The summed E-state index contributed by atoms with van der Waals surface area (Å²) in [5.74, 6) is -0.141. The fourth-order valence-corrected chi connectivity index (χ4v) is 2.16. The average molecular weight is 380 g/mol. The van der Waals surface area contributed by atoms with E-state index in [1.165, 1.54) is 50.6 Å². The van der Waals surface area contributed by atoms with Crippen molar-refractivity contribution in [1.29, 1.82) is 0 Å². The molecule has 5 nitrogen and oxygen atoms in total. The monoisotopic (exact) mass is 379 g/mol. The molecule has 138 valence electrons. The molecule has 0 aliphatic heterocycles. The largest absolute Gasteiger partial charge is 0.573 e. The van der Waals surface area contributed by atoms with Crippen molar-refractivity contribution in [1.82, 2.24) is 0 Å². The van der Waals surface area contributed by atoms with Gasteiger partial charge >= 0.3 is 6.36 Å². The van der Waals surface area contributed by atoms with E-state index in [9.17, 15) is 18.3 Å². The number of ether oxygens (including phenoxy) is 3. The molecule has 1 atom stereocenters. The summed E-state index contributed by atoms with van der Waals surface area (Å²) in [6, 6.07) is 7.61. The standard InChI is InChI=1S/C16H16F3NO4.ClH/c1-22-12-7-10(8-13(23-2)15(12)21)14(20)9-3-5-11(6-4-9)24-16(17,18)19;/h3-8,14,21H,20H2,1-2H3;1H/t14-;/m1./s1. The quantitative estimate of drug-likeness (QED) is 0.827. The van der Waals surface area contributed by atoms with E-state index in [1.807, 2.05) is 0 Å². The summed E-state index contributed by atoms with van der Waals surface area (Å²) in [6.07, 6.45) is -4.75. The number of nitrogens with two attached hydrogens (primary N) is 1. The molecule has 0 aliphatic carbocycles. The van der Waals surface area contributed by atoms with Gasteiger partial charge in [-0.1, -0.05) is 12.1 Å². The van der Waals surface area contributed by atoms with E-state index in [0.717, 1.165) is 0 Å². The number of rotatable bonds is 5. The molecule has 0 unspecified atom stereocenters. The SMILES string of the molecule is COc1cc([C@H](N)c2ccc(OC(F)(F)F)cc2)cc(OC)c1O.Cl. The lowest BCUT2D eigenvalue weighted by molar-refractivity contribution is -0.274. The van der Waals surface area contributed by atoms with Gasteiger partial charge in [0.15, 0.2) is 11.5 Å². The minimum atomic E-state index is -4.75. The predicted molar refractivity (Wildman–Crippen MR) is 87.6 cm³/mol. The molecule has 0 radical (unpaired) electrons. The topological polar surface area (TPSA) is 73.9 Å². The summed E-state index contributed by atoms with van der Waals surface area (Å²) in [5, 5.41) is 9.90. The van der Waals surface area contributed by atoms with Gasteiger partial charge in [0.05, 0.1) is 20.3 Å². The zero-order valence-electron chi connectivity index (χ0n) is 13.3. The molecule has 0 saturated carbocycles. The lowest BCUT2D eigenvalue weighted by atomic mass is 9.98. The third kappa shape index (κ3) is 5.07. The highest BCUT2D eigenvalue weighted by Crippen LogP contribution is 2.39. The van der Waals surface area contributed by atoms with Crippen molar-refractivity contribution < 1.29 is 32.5 Å². The molecule has 2 aromatic carbocycles. The molecule has 3 N–H and O–H groups in total. The van der Waals surface area contributed by atoms with Crippen molar-refractivity contribution in [3.05, 3.63) is 47.5 Å². The molecule has 0 fully saturated rings. The Morgan fingerprint density at radius 2 is 1.44 bits per heavy atom. The third-order valence-electron chi connectivity index (χ3n) is 3.33. The van der Waals surface area contributed by atoms with Crippen LogP contribution in [0.1, 0.15) is 17.2 Å². The first-order valence-electron chi connectivity index (χ1n) is 6.81. The highest BCUT2D eigenvalue weighted by atomic mass is 35.5. The maximum Gasteiger partial charge on any atom is 0.573 e. The van der Waals surface area contributed by atoms with E-state index in [0.29, 0.717) is 11.1 Å². The summed E-state index contributed by atoms with van der Waals surface area (Å²) >= 11 is 0. The number of benzene rings is 2. The Morgan fingerprint density at radius 3 is 1.84 bits per heavy atom. The molecule has 0 aliphatic rings. The number of phenols is 1. The van der Waals surface area contributed by atoms with E-state index in [-0.39, 0.29) is 35.4 Å². The third-order valence-corrected chi connectivity index (χ3v) is 3.33. The molecule has 9 heteroatoms. The van der Waals surface area contributed by atoms with Gasteiger partial charge in [-0.2, -0.15) is 0 Å². The zero-order valence-corrected chi connectivity index (χ0v) is 14.1. The molecule has 2 aromatic rings. The first kappa shape index (κ1) is 20.7. The summed E-state index contributed by atoms with van der Waals surface area (Å²) in [6.45, 7) is 0. The summed E-state index contributed by atoms with van der Waals surface area (Å²) in [7, 11) is 2.76. The molecule has 25 heavy (non-hydrogen) atoms. The number of methoxy groups -OCH3 is 2. The zero-order chi connectivity index (χ0) is 17.9. The van der Waals surface area contributed by atoms with Crippen molar-refractivity contribution in [3.8, 4) is 23.0 Å². The average Bonchev–Trinajstić information content (AvgIpc) is 2.53. The van der Waals surface area contributed by atoms with E-state index in [4.69, 9.17) is 15.2 Å². The van der Waals surface area contributed by atoms with E-state index < -0.39 is 12.4 Å². The number of hydrogen-bond acceptors (Lipinski definition) is 5. The highest BCUT2D eigenvalue weighted by Gasteiger charge is 2.31. The Labute approximate surface area is 148 Å². The van der Waals surface area contributed by atoms with Crippen molar-refractivity contribution in [2.75, 3.05) is 14.2 Å². The molecule has 0 aromatic heterocycles. The summed E-state index contributed by atoms with van der Waals surface area (Å²) in [5.41, 5.74) is 7.25. The lowest BCUT2D eigenvalue weighted by Crippen LogP contribution is -2.17. The van der Waals surface area contributed by atoms with Gasteiger partial charge in [0.1, 0.15) is 5.75 Å². The molecule has 0 saturated heterocycles. The minimum absolute atomic E-state index is 0. The van der Waals surface area contributed by atoms with Crippen LogP contribution in [0.4, 0.5) is 13.2 Å². The molecular formula is C16H17ClF3NO4. The maximum atomic E-state index is 12.2. The van der Waals surface area contributed by atoms with Gasteiger partial charge in [-0.25, -0.2) is 0 Å². The van der Waals surface area contributed by atoms with Gasteiger partial charge in [-0.3, -0.25) is 0 Å². The molecule has 0 bridgehead atoms. The van der Waals surface area contributed by atoms with E-state index >= 15 is 0 Å². The van der Waals surface area contributed by atoms with Crippen LogP contribution >= 0.6 is 12.4 Å². The molecule has 0 amide bonds. The highest BCUT2D eigenvalue weighted by molar-refractivity contribution is 5.85. The number of halogens is 4. The molecule has 2 rings (SSSR count). The Balaban J connectivity index is 0.00000312. The second-order valence-electron chi connectivity index (χ2n) is 4.87. The van der Waals surface area contributed by atoms with Crippen molar-refractivity contribution in [2.45, 2.75) is 12.4 Å². The Bertz CT molecular complexity index is 683. The number of phenolic OH excluding ortho intramolecular Hbond substituents is 1. The van der Waals surface area contributed by atoms with Gasteiger partial charge in [0.25, 0.3) is 0 Å². The van der Waals surface area contributed by atoms with E-state index in [1.54, 1.807) is 0 Å². The minimum Gasteiger partial charge on any atom is -0.502 e. The summed E-state index contributed by atoms with van der Waals surface area (Å²) in [4.78, 5) is 0. The number of hydrogen-bond donors (Lipinski definition) is 2. The van der Waals surface area contributed by atoms with Gasteiger partial charge in [0.2, 0.25) is 5.75 Å². The van der Waals surface area contributed by atoms with Crippen LogP contribution in [0.15, 0.2) is 36.4 Å². The van der Waals surface area contributed by atoms with Crippen LogP contribution in [-0.4, -0.2) is 25.7 Å². The molecule has 0 heterocycles. The molecular weight excluding hydrogens is 363 g/mol.